The first-order valence-electron chi connectivity index (χ1n) is 6.62. The third-order valence-corrected chi connectivity index (χ3v) is 5.27. The second kappa shape index (κ2) is 7.12. The Morgan fingerprint density at radius 1 is 1.43 bits per heavy atom. The van der Waals surface area contributed by atoms with Crippen LogP contribution in [0.1, 0.15) is 24.5 Å². The van der Waals surface area contributed by atoms with E-state index in [9.17, 15) is 8.42 Å². The molecule has 2 rings (SSSR count). The molecule has 0 radical (unpaired) electrons. The monoisotopic (exact) mass is 329 g/mol. The van der Waals surface area contributed by atoms with E-state index >= 15 is 0 Å². The molecule has 9 heteroatoms. The summed E-state index contributed by atoms with van der Waals surface area (Å²) in [6.45, 7) is 5.06. The van der Waals surface area contributed by atoms with Gasteiger partial charge in [0, 0.05) is 35.8 Å². The summed E-state index contributed by atoms with van der Waals surface area (Å²) in [5.74, 6) is 0.657. The molecule has 7 nitrogen and oxygen atoms in total. The third kappa shape index (κ3) is 4.88. The topological polar surface area (TPSA) is 99.8 Å². The molecule has 0 aromatic carbocycles. The number of H-pyrrole nitrogens is 1. The van der Waals surface area contributed by atoms with Gasteiger partial charge in [0.2, 0.25) is 10.0 Å². The van der Waals surface area contributed by atoms with Gasteiger partial charge in [-0.3, -0.25) is 5.10 Å². The molecule has 2 aromatic heterocycles. The predicted molar refractivity (Wildman–Crippen MR) is 81.6 cm³/mol. The molecule has 0 aliphatic heterocycles. The third-order valence-electron chi connectivity index (χ3n) is 2.74. The van der Waals surface area contributed by atoms with Gasteiger partial charge in [-0.15, -0.1) is 11.3 Å². The molecular formula is C12H19N5O2S2. The quantitative estimate of drug-likeness (QED) is 0.668. The fourth-order valence-corrected chi connectivity index (χ4v) is 3.89. The number of aromatic nitrogens is 3. The highest BCUT2D eigenvalue weighted by Crippen LogP contribution is 2.19. The maximum absolute atomic E-state index is 12.1. The molecule has 0 fully saturated rings. The lowest BCUT2D eigenvalue weighted by atomic mass is 10.4. The number of nitrogens with one attached hydrogen (secondary N) is 3. The molecule has 116 valence electrons. The first kappa shape index (κ1) is 16.1. The average Bonchev–Trinajstić information content (AvgIpc) is 3.07. The summed E-state index contributed by atoms with van der Waals surface area (Å²) in [4.78, 5) is 5.26. The van der Waals surface area contributed by atoms with Gasteiger partial charge in [-0.25, -0.2) is 18.1 Å². The van der Waals surface area contributed by atoms with Crippen LogP contribution >= 0.6 is 11.3 Å². The van der Waals surface area contributed by atoms with E-state index in [0.29, 0.717) is 29.7 Å². The van der Waals surface area contributed by atoms with Crippen LogP contribution in [0.2, 0.25) is 0 Å². The Labute approximate surface area is 128 Å². The van der Waals surface area contributed by atoms with Crippen molar-refractivity contribution >= 4 is 21.4 Å². The Hall–Kier alpha value is -1.29. The zero-order chi connectivity index (χ0) is 15.3. The number of hydrogen-bond acceptors (Lipinski definition) is 6. The lowest BCUT2D eigenvalue weighted by Gasteiger charge is -2.05. The van der Waals surface area contributed by atoms with Crippen molar-refractivity contribution in [2.75, 3.05) is 6.54 Å². The van der Waals surface area contributed by atoms with Crippen LogP contribution in [0.25, 0.3) is 0 Å². The first-order valence-corrected chi connectivity index (χ1v) is 8.98. The zero-order valence-electron chi connectivity index (χ0n) is 12.0. The molecule has 21 heavy (non-hydrogen) atoms. The van der Waals surface area contributed by atoms with E-state index < -0.39 is 10.0 Å². The van der Waals surface area contributed by atoms with Gasteiger partial charge in [0.05, 0.1) is 4.90 Å². The molecule has 0 spiro atoms. The molecule has 3 N–H and O–H groups in total. The Balaban J connectivity index is 1.89. The highest BCUT2D eigenvalue weighted by atomic mass is 32.2. The number of hydrogen-bond donors (Lipinski definition) is 3. The minimum atomic E-state index is -3.46. The molecule has 0 saturated heterocycles. The minimum absolute atomic E-state index is 0.285. The largest absolute Gasteiger partial charge is 0.310 e. The normalized spacial score (nSPS) is 12.1. The number of thiophene rings is 1. The van der Waals surface area contributed by atoms with E-state index in [1.807, 2.05) is 0 Å². The van der Waals surface area contributed by atoms with E-state index in [0.717, 1.165) is 4.88 Å². The van der Waals surface area contributed by atoms with Crippen LogP contribution in [0.3, 0.4) is 0 Å². The van der Waals surface area contributed by atoms with Crippen LogP contribution in [0.4, 0.5) is 0 Å². The highest BCUT2D eigenvalue weighted by molar-refractivity contribution is 7.89. The second-order valence-electron chi connectivity index (χ2n) is 4.86. The van der Waals surface area contributed by atoms with E-state index in [2.05, 4.69) is 39.1 Å². The van der Waals surface area contributed by atoms with Crippen LogP contribution in [-0.2, 0) is 23.0 Å². The van der Waals surface area contributed by atoms with Crippen molar-refractivity contribution in [3.8, 4) is 0 Å². The summed E-state index contributed by atoms with van der Waals surface area (Å²) >= 11 is 1.44. The van der Waals surface area contributed by atoms with Crippen molar-refractivity contribution in [1.82, 2.24) is 25.2 Å². The van der Waals surface area contributed by atoms with Crippen molar-refractivity contribution in [2.45, 2.75) is 37.8 Å². The average molecular weight is 329 g/mol. The molecule has 0 aliphatic rings. The lowest BCUT2D eigenvalue weighted by molar-refractivity contribution is 0.580. The number of rotatable bonds is 8. The zero-order valence-corrected chi connectivity index (χ0v) is 13.6. The summed E-state index contributed by atoms with van der Waals surface area (Å²) in [6, 6.07) is 2.07. The Morgan fingerprint density at radius 3 is 2.90 bits per heavy atom. The van der Waals surface area contributed by atoms with Gasteiger partial charge in [0.1, 0.15) is 12.2 Å². The van der Waals surface area contributed by atoms with E-state index in [1.165, 1.54) is 17.7 Å². The van der Waals surface area contributed by atoms with E-state index in [-0.39, 0.29) is 6.54 Å². The molecule has 0 atom stereocenters. The molecule has 0 aliphatic carbocycles. The Kier molecular flexibility index (Phi) is 5.45. The van der Waals surface area contributed by atoms with Crippen LogP contribution in [0.15, 0.2) is 22.7 Å². The summed E-state index contributed by atoms with van der Waals surface area (Å²) in [6.07, 6.45) is 1.88. The van der Waals surface area contributed by atoms with Crippen molar-refractivity contribution in [1.29, 1.82) is 0 Å². The van der Waals surface area contributed by atoms with Crippen molar-refractivity contribution in [2.24, 2.45) is 0 Å². The van der Waals surface area contributed by atoms with E-state index in [4.69, 9.17) is 0 Å². The van der Waals surface area contributed by atoms with Gasteiger partial charge in [-0.05, 0) is 6.07 Å². The Bertz CT molecular complexity index is 649. The van der Waals surface area contributed by atoms with E-state index in [1.54, 1.807) is 11.4 Å². The smallest absolute Gasteiger partial charge is 0.241 e. The van der Waals surface area contributed by atoms with Crippen LogP contribution in [-0.4, -0.2) is 36.2 Å². The molecule has 0 saturated carbocycles. The summed E-state index contributed by atoms with van der Waals surface area (Å²) in [5.41, 5.74) is 0. The van der Waals surface area contributed by atoms with Gasteiger partial charge >= 0.3 is 0 Å². The maximum atomic E-state index is 12.1. The van der Waals surface area contributed by atoms with Gasteiger partial charge in [-0.2, -0.15) is 5.10 Å². The summed E-state index contributed by atoms with van der Waals surface area (Å²) in [5, 5.41) is 11.3. The second-order valence-corrected chi connectivity index (χ2v) is 7.63. The number of nitrogens with zero attached hydrogens (tertiary/aromatic N) is 2. The van der Waals surface area contributed by atoms with Gasteiger partial charge < -0.3 is 5.32 Å². The fourth-order valence-electron chi connectivity index (χ4n) is 1.64. The number of sulfonamides is 1. The number of aromatic amines is 1. The van der Waals surface area contributed by atoms with Crippen molar-refractivity contribution in [3.05, 3.63) is 28.5 Å². The molecule has 2 heterocycles. The molecule has 0 amide bonds. The minimum Gasteiger partial charge on any atom is -0.310 e. The summed E-state index contributed by atoms with van der Waals surface area (Å²) < 4.78 is 26.8. The molecule has 0 bridgehead atoms. The highest BCUT2D eigenvalue weighted by Gasteiger charge is 2.16. The maximum Gasteiger partial charge on any atom is 0.241 e. The van der Waals surface area contributed by atoms with Crippen LogP contribution < -0.4 is 10.0 Å². The van der Waals surface area contributed by atoms with Crippen LogP contribution in [0.5, 0.6) is 0 Å². The van der Waals surface area contributed by atoms with Gasteiger partial charge in [0.25, 0.3) is 0 Å². The SMILES string of the molecule is CC(C)NCc1cc(S(=O)(=O)NCCc2ncn[nH]2)cs1. The van der Waals surface area contributed by atoms with Crippen molar-refractivity contribution in [3.63, 3.8) is 0 Å². The Morgan fingerprint density at radius 2 is 2.24 bits per heavy atom. The molecule has 0 unspecified atom stereocenters. The first-order chi connectivity index (χ1) is 9.97. The van der Waals surface area contributed by atoms with Gasteiger partial charge in [0.15, 0.2) is 0 Å². The summed E-state index contributed by atoms with van der Waals surface area (Å²) in [7, 11) is -3.46. The lowest BCUT2D eigenvalue weighted by Crippen LogP contribution is -2.26. The van der Waals surface area contributed by atoms with Gasteiger partial charge in [-0.1, -0.05) is 13.8 Å². The molecular weight excluding hydrogens is 310 g/mol. The van der Waals surface area contributed by atoms with Crippen LogP contribution in [0, 0.1) is 0 Å². The molecule has 2 aromatic rings. The predicted octanol–water partition coefficient (Wildman–Crippen LogP) is 0.885. The standard InChI is InChI=1S/C12H19N5O2S2/c1-9(2)13-6-10-5-11(7-20-10)21(18,19)16-4-3-12-14-8-15-17-12/h5,7-9,13,16H,3-4,6H2,1-2H3,(H,14,15,17). The fraction of sp³-hybridized carbons (Fsp3) is 0.500. The van der Waals surface area contributed by atoms with Crippen molar-refractivity contribution < 1.29 is 8.42 Å².